The summed E-state index contributed by atoms with van der Waals surface area (Å²) in [6.07, 6.45) is 1.56. The molecule has 0 aliphatic rings. The standard InChI is InChI=1S/C13H17N3O3S/c1-9-7-15-13(19-9)10(2)16-20(17,18)8-11-3-5-12(14)6-4-11/h3-7,10,16H,8,14H2,1-2H3. The Hall–Kier alpha value is -1.86. The fourth-order valence-electron chi connectivity index (χ4n) is 1.77. The Labute approximate surface area is 118 Å². The van der Waals surface area contributed by atoms with Gasteiger partial charge >= 0.3 is 0 Å². The molecule has 1 unspecified atom stereocenters. The normalized spacial score (nSPS) is 13.3. The van der Waals surface area contributed by atoms with Crippen molar-refractivity contribution < 1.29 is 12.8 Å². The monoisotopic (exact) mass is 295 g/mol. The van der Waals surface area contributed by atoms with Crippen LogP contribution >= 0.6 is 0 Å². The van der Waals surface area contributed by atoms with Crippen molar-refractivity contribution in [2.24, 2.45) is 0 Å². The van der Waals surface area contributed by atoms with E-state index in [0.717, 1.165) is 0 Å². The van der Waals surface area contributed by atoms with Crippen LogP contribution in [0.25, 0.3) is 0 Å². The van der Waals surface area contributed by atoms with Gasteiger partial charge in [0, 0.05) is 5.69 Å². The Morgan fingerprint density at radius 2 is 2.00 bits per heavy atom. The number of nitrogens with two attached hydrogens (primary N) is 1. The molecule has 7 heteroatoms. The van der Waals surface area contributed by atoms with Crippen molar-refractivity contribution in [2.45, 2.75) is 25.6 Å². The van der Waals surface area contributed by atoms with Gasteiger partial charge in [-0.15, -0.1) is 0 Å². The molecular weight excluding hydrogens is 278 g/mol. The first-order valence-corrected chi connectivity index (χ1v) is 7.78. The van der Waals surface area contributed by atoms with Gasteiger partial charge in [0.1, 0.15) is 5.76 Å². The van der Waals surface area contributed by atoms with Crippen molar-refractivity contribution in [1.29, 1.82) is 0 Å². The van der Waals surface area contributed by atoms with Crippen molar-refractivity contribution in [3.63, 3.8) is 0 Å². The van der Waals surface area contributed by atoms with Crippen molar-refractivity contribution in [2.75, 3.05) is 5.73 Å². The summed E-state index contributed by atoms with van der Waals surface area (Å²) in [6.45, 7) is 3.44. The molecule has 1 aromatic heterocycles. The number of hydrogen-bond acceptors (Lipinski definition) is 5. The topological polar surface area (TPSA) is 98.2 Å². The van der Waals surface area contributed by atoms with E-state index >= 15 is 0 Å². The Morgan fingerprint density at radius 3 is 2.55 bits per heavy atom. The summed E-state index contributed by atoms with van der Waals surface area (Å²) in [5.41, 5.74) is 6.83. The molecule has 0 bridgehead atoms. The maximum absolute atomic E-state index is 12.1. The van der Waals surface area contributed by atoms with E-state index in [1.54, 1.807) is 44.3 Å². The average Bonchev–Trinajstić information content (AvgIpc) is 2.78. The van der Waals surface area contributed by atoms with Gasteiger partial charge in [-0.25, -0.2) is 18.1 Å². The molecule has 0 radical (unpaired) electrons. The van der Waals surface area contributed by atoms with Crippen LogP contribution in [0.1, 0.15) is 30.2 Å². The molecule has 0 saturated heterocycles. The first-order valence-electron chi connectivity index (χ1n) is 6.12. The van der Waals surface area contributed by atoms with E-state index in [-0.39, 0.29) is 5.75 Å². The number of sulfonamides is 1. The third kappa shape index (κ3) is 3.82. The van der Waals surface area contributed by atoms with Gasteiger partial charge in [-0.05, 0) is 31.5 Å². The first-order chi connectivity index (χ1) is 9.35. The Bertz CT molecular complexity index is 677. The molecule has 0 saturated carbocycles. The molecule has 1 atom stereocenters. The van der Waals surface area contributed by atoms with Gasteiger partial charge in [0.25, 0.3) is 0 Å². The number of nitrogen functional groups attached to an aromatic ring is 1. The van der Waals surface area contributed by atoms with Gasteiger partial charge in [-0.3, -0.25) is 0 Å². The van der Waals surface area contributed by atoms with E-state index in [4.69, 9.17) is 10.2 Å². The largest absolute Gasteiger partial charge is 0.444 e. The number of nitrogens with one attached hydrogen (secondary N) is 1. The van der Waals surface area contributed by atoms with E-state index in [1.807, 2.05) is 0 Å². The number of nitrogens with zero attached hydrogens (tertiary/aromatic N) is 1. The summed E-state index contributed by atoms with van der Waals surface area (Å²) in [7, 11) is -3.48. The molecule has 0 aliphatic carbocycles. The van der Waals surface area contributed by atoms with Crippen LogP contribution in [-0.2, 0) is 15.8 Å². The van der Waals surface area contributed by atoms with Crippen molar-refractivity contribution >= 4 is 15.7 Å². The number of oxazole rings is 1. The summed E-state index contributed by atoms with van der Waals surface area (Å²) in [6, 6.07) is 6.21. The molecule has 6 nitrogen and oxygen atoms in total. The highest BCUT2D eigenvalue weighted by Gasteiger charge is 2.19. The van der Waals surface area contributed by atoms with Crippen molar-refractivity contribution in [1.82, 2.24) is 9.71 Å². The molecule has 3 N–H and O–H groups in total. The van der Waals surface area contributed by atoms with Crippen molar-refractivity contribution in [3.05, 3.63) is 47.7 Å². The van der Waals surface area contributed by atoms with Crippen LogP contribution in [0.15, 0.2) is 34.9 Å². The summed E-state index contributed by atoms with van der Waals surface area (Å²) in [5.74, 6) is 0.880. The van der Waals surface area contributed by atoms with Gasteiger partial charge in [-0.2, -0.15) is 0 Å². The molecule has 20 heavy (non-hydrogen) atoms. The Kier molecular flexibility index (Phi) is 4.10. The predicted molar refractivity (Wildman–Crippen MR) is 76.3 cm³/mol. The van der Waals surface area contributed by atoms with Crippen LogP contribution in [0.5, 0.6) is 0 Å². The van der Waals surface area contributed by atoms with E-state index in [2.05, 4.69) is 9.71 Å². The van der Waals surface area contributed by atoms with Crippen LogP contribution < -0.4 is 10.5 Å². The highest BCUT2D eigenvalue weighted by molar-refractivity contribution is 7.88. The SMILES string of the molecule is Cc1cnc(C(C)NS(=O)(=O)Cc2ccc(N)cc2)o1. The zero-order valence-corrected chi connectivity index (χ0v) is 12.1. The number of hydrogen-bond donors (Lipinski definition) is 2. The fraction of sp³-hybridized carbons (Fsp3) is 0.308. The highest BCUT2D eigenvalue weighted by atomic mass is 32.2. The lowest BCUT2D eigenvalue weighted by Gasteiger charge is -2.11. The number of rotatable bonds is 5. The molecule has 0 fully saturated rings. The minimum Gasteiger partial charge on any atom is -0.444 e. The second-order valence-electron chi connectivity index (χ2n) is 4.65. The maximum atomic E-state index is 12.1. The summed E-state index contributed by atoms with van der Waals surface area (Å²) in [5, 5.41) is 0. The van der Waals surface area contributed by atoms with Crippen LogP contribution in [0.4, 0.5) is 5.69 Å². The van der Waals surface area contributed by atoms with Crippen LogP contribution in [-0.4, -0.2) is 13.4 Å². The third-order valence-electron chi connectivity index (χ3n) is 2.70. The second kappa shape index (κ2) is 5.64. The number of benzene rings is 1. The number of anilines is 1. The maximum Gasteiger partial charge on any atom is 0.216 e. The van der Waals surface area contributed by atoms with Gasteiger partial charge in [0.15, 0.2) is 0 Å². The molecule has 1 aromatic carbocycles. The van der Waals surface area contributed by atoms with E-state index in [9.17, 15) is 8.42 Å². The highest BCUT2D eigenvalue weighted by Crippen LogP contribution is 2.15. The minimum absolute atomic E-state index is 0.114. The second-order valence-corrected chi connectivity index (χ2v) is 6.40. The molecule has 0 spiro atoms. The van der Waals surface area contributed by atoms with E-state index < -0.39 is 16.1 Å². The van der Waals surface area contributed by atoms with Gasteiger partial charge in [0.05, 0.1) is 18.0 Å². The lowest BCUT2D eigenvalue weighted by atomic mass is 10.2. The minimum atomic E-state index is -3.48. The lowest BCUT2D eigenvalue weighted by molar-refractivity contribution is 0.427. The van der Waals surface area contributed by atoms with Gasteiger partial charge in [0.2, 0.25) is 15.9 Å². The van der Waals surface area contributed by atoms with Gasteiger partial charge in [-0.1, -0.05) is 12.1 Å². The molecule has 108 valence electrons. The quantitative estimate of drug-likeness (QED) is 0.819. The Balaban J connectivity index is 2.05. The van der Waals surface area contributed by atoms with Crippen LogP contribution in [0.2, 0.25) is 0 Å². The zero-order valence-electron chi connectivity index (χ0n) is 11.3. The molecular formula is C13H17N3O3S. The number of aryl methyl sites for hydroxylation is 1. The summed E-state index contributed by atoms with van der Waals surface area (Å²) in [4.78, 5) is 4.01. The van der Waals surface area contributed by atoms with Crippen molar-refractivity contribution in [3.8, 4) is 0 Å². The van der Waals surface area contributed by atoms with Crippen LogP contribution in [0, 0.1) is 6.92 Å². The first kappa shape index (κ1) is 14.5. The molecule has 0 aliphatic heterocycles. The van der Waals surface area contributed by atoms with Crippen LogP contribution in [0.3, 0.4) is 0 Å². The summed E-state index contributed by atoms with van der Waals surface area (Å²) >= 11 is 0. The van der Waals surface area contributed by atoms with E-state index in [1.165, 1.54) is 0 Å². The lowest BCUT2D eigenvalue weighted by Crippen LogP contribution is -2.28. The number of aromatic nitrogens is 1. The predicted octanol–water partition coefficient (Wildman–Crippen LogP) is 1.75. The van der Waals surface area contributed by atoms with Gasteiger partial charge < -0.3 is 10.2 Å². The zero-order chi connectivity index (χ0) is 14.8. The molecule has 2 aromatic rings. The molecule has 2 rings (SSSR count). The summed E-state index contributed by atoms with van der Waals surface area (Å²) < 4.78 is 32.0. The van der Waals surface area contributed by atoms with E-state index in [0.29, 0.717) is 22.9 Å². The third-order valence-corrected chi connectivity index (χ3v) is 4.13. The Morgan fingerprint density at radius 1 is 1.35 bits per heavy atom. The molecule has 0 amide bonds. The average molecular weight is 295 g/mol. The molecule has 1 heterocycles. The fourth-order valence-corrected chi connectivity index (χ4v) is 3.12. The smallest absolute Gasteiger partial charge is 0.216 e.